The van der Waals surface area contributed by atoms with E-state index in [-0.39, 0.29) is 24.1 Å². The van der Waals surface area contributed by atoms with Crippen LogP contribution in [0.4, 0.5) is 8.78 Å². The predicted octanol–water partition coefficient (Wildman–Crippen LogP) is 1.32. The third-order valence-corrected chi connectivity index (χ3v) is 2.85. The Bertz CT molecular complexity index is 515. The van der Waals surface area contributed by atoms with Gasteiger partial charge in [-0.1, -0.05) is 6.07 Å². The molecule has 1 aromatic carbocycles. The van der Waals surface area contributed by atoms with E-state index in [1.54, 1.807) is 0 Å². The highest BCUT2D eigenvalue weighted by atomic mass is 19.2. The Kier molecular flexibility index (Phi) is 3.78. The van der Waals surface area contributed by atoms with Crippen LogP contribution in [0.15, 0.2) is 18.2 Å². The van der Waals surface area contributed by atoms with E-state index >= 15 is 0 Å². The molecule has 1 aliphatic rings. The zero-order valence-electron chi connectivity index (χ0n) is 10.5. The highest BCUT2D eigenvalue weighted by Crippen LogP contribution is 2.18. The molecule has 4 nitrogen and oxygen atoms in total. The molecule has 0 aliphatic heterocycles. The van der Waals surface area contributed by atoms with Crippen LogP contribution in [0.25, 0.3) is 0 Å². The van der Waals surface area contributed by atoms with E-state index in [0.717, 1.165) is 23.8 Å². The smallest absolute Gasteiger partial charge is 0.257 e. The lowest BCUT2D eigenvalue weighted by molar-refractivity contribution is -0.121. The highest BCUT2D eigenvalue weighted by molar-refractivity contribution is 5.96. The molecule has 0 radical (unpaired) electrons. The van der Waals surface area contributed by atoms with E-state index in [4.69, 9.17) is 0 Å². The van der Waals surface area contributed by atoms with Gasteiger partial charge in [0.15, 0.2) is 11.6 Å². The lowest BCUT2D eigenvalue weighted by atomic mass is 10.2. The van der Waals surface area contributed by atoms with Crippen molar-refractivity contribution in [2.75, 3.05) is 13.6 Å². The van der Waals surface area contributed by atoms with Crippen LogP contribution in [-0.4, -0.2) is 36.3 Å². The molecule has 1 saturated carbocycles. The van der Waals surface area contributed by atoms with Crippen molar-refractivity contribution in [1.82, 2.24) is 10.2 Å². The first kappa shape index (κ1) is 13.5. The minimum Gasteiger partial charge on any atom is -0.352 e. The maximum Gasteiger partial charge on any atom is 0.257 e. The fourth-order valence-corrected chi connectivity index (χ4v) is 1.66. The monoisotopic (exact) mass is 268 g/mol. The number of hydrogen-bond acceptors (Lipinski definition) is 2. The SMILES string of the molecule is CN(CC(=O)NC1CC1)C(=O)c1cccc(F)c1F. The first-order chi connectivity index (χ1) is 8.99. The van der Waals surface area contributed by atoms with Crippen molar-refractivity contribution in [3.8, 4) is 0 Å². The predicted molar refractivity (Wildman–Crippen MR) is 64.5 cm³/mol. The van der Waals surface area contributed by atoms with Gasteiger partial charge in [0.2, 0.25) is 5.91 Å². The molecule has 6 heteroatoms. The summed E-state index contributed by atoms with van der Waals surface area (Å²) in [7, 11) is 1.37. The molecule has 1 aromatic rings. The zero-order chi connectivity index (χ0) is 14.0. The lowest BCUT2D eigenvalue weighted by Gasteiger charge is -2.17. The van der Waals surface area contributed by atoms with Gasteiger partial charge in [-0.25, -0.2) is 8.78 Å². The van der Waals surface area contributed by atoms with Gasteiger partial charge in [0.25, 0.3) is 5.91 Å². The van der Waals surface area contributed by atoms with Crippen LogP contribution < -0.4 is 5.32 Å². The maximum atomic E-state index is 13.4. The molecule has 0 heterocycles. The van der Waals surface area contributed by atoms with E-state index < -0.39 is 17.5 Å². The summed E-state index contributed by atoms with van der Waals surface area (Å²) in [4.78, 5) is 24.5. The third kappa shape index (κ3) is 3.27. The summed E-state index contributed by atoms with van der Waals surface area (Å²) < 4.78 is 26.5. The van der Waals surface area contributed by atoms with Gasteiger partial charge in [-0.2, -0.15) is 0 Å². The molecule has 0 saturated heterocycles. The van der Waals surface area contributed by atoms with Crippen molar-refractivity contribution in [3.05, 3.63) is 35.4 Å². The van der Waals surface area contributed by atoms with Crippen LogP contribution in [0.2, 0.25) is 0 Å². The molecule has 1 N–H and O–H groups in total. The first-order valence-corrected chi connectivity index (χ1v) is 5.98. The fourth-order valence-electron chi connectivity index (χ4n) is 1.66. The molecule has 0 aromatic heterocycles. The van der Waals surface area contributed by atoms with Crippen LogP contribution in [-0.2, 0) is 4.79 Å². The Labute approximate surface area is 109 Å². The number of halogens is 2. The second kappa shape index (κ2) is 5.34. The molecule has 1 fully saturated rings. The number of carbonyl (C=O) groups is 2. The van der Waals surface area contributed by atoms with Crippen molar-refractivity contribution in [2.24, 2.45) is 0 Å². The number of benzene rings is 1. The Balaban J connectivity index is 2.01. The summed E-state index contributed by atoms with van der Waals surface area (Å²) in [5.74, 6) is -3.29. The molecule has 0 unspecified atom stereocenters. The summed E-state index contributed by atoms with van der Waals surface area (Å²) in [5, 5.41) is 2.72. The first-order valence-electron chi connectivity index (χ1n) is 5.98. The maximum absolute atomic E-state index is 13.4. The van der Waals surface area contributed by atoms with Gasteiger partial charge in [0, 0.05) is 13.1 Å². The molecule has 102 valence electrons. The molecule has 0 atom stereocenters. The molecule has 1 aliphatic carbocycles. The number of nitrogens with zero attached hydrogens (tertiary/aromatic N) is 1. The highest BCUT2D eigenvalue weighted by Gasteiger charge is 2.25. The molecule has 0 bridgehead atoms. The summed E-state index contributed by atoms with van der Waals surface area (Å²) in [5.41, 5.74) is -0.373. The normalized spacial score (nSPS) is 14.1. The van der Waals surface area contributed by atoms with E-state index in [9.17, 15) is 18.4 Å². The average molecular weight is 268 g/mol. The average Bonchev–Trinajstić information content (AvgIpc) is 3.15. The number of likely N-dealkylation sites (N-methyl/N-ethyl adjacent to an activating group) is 1. The Hall–Kier alpha value is -1.98. The summed E-state index contributed by atoms with van der Waals surface area (Å²) >= 11 is 0. The van der Waals surface area contributed by atoms with Gasteiger partial charge in [0.1, 0.15) is 0 Å². The summed E-state index contributed by atoms with van der Waals surface area (Å²) in [6.07, 6.45) is 1.89. The summed E-state index contributed by atoms with van der Waals surface area (Å²) in [6.45, 7) is -0.175. The van der Waals surface area contributed by atoms with Gasteiger partial charge in [-0.15, -0.1) is 0 Å². The second-order valence-corrected chi connectivity index (χ2v) is 4.60. The summed E-state index contributed by atoms with van der Waals surface area (Å²) in [6, 6.07) is 3.58. The minimum atomic E-state index is -1.19. The minimum absolute atomic E-state index is 0.175. The molecular formula is C13H14F2N2O2. The standard InChI is InChI=1S/C13H14F2N2O2/c1-17(7-11(18)16-8-5-6-8)13(19)9-3-2-4-10(14)12(9)15/h2-4,8H,5-7H2,1H3,(H,16,18). The van der Waals surface area contributed by atoms with E-state index in [0.29, 0.717) is 0 Å². The van der Waals surface area contributed by atoms with Crippen molar-refractivity contribution < 1.29 is 18.4 Å². The Morgan fingerprint density at radius 2 is 2.05 bits per heavy atom. The Morgan fingerprint density at radius 1 is 1.37 bits per heavy atom. The third-order valence-electron chi connectivity index (χ3n) is 2.85. The number of rotatable bonds is 4. The molecule has 19 heavy (non-hydrogen) atoms. The van der Waals surface area contributed by atoms with Crippen LogP contribution >= 0.6 is 0 Å². The van der Waals surface area contributed by atoms with Crippen molar-refractivity contribution in [3.63, 3.8) is 0 Å². The fraction of sp³-hybridized carbons (Fsp3) is 0.385. The Morgan fingerprint density at radius 3 is 2.68 bits per heavy atom. The second-order valence-electron chi connectivity index (χ2n) is 4.60. The van der Waals surface area contributed by atoms with Crippen LogP contribution in [0.5, 0.6) is 0 Å². The van der Waals surface area contributed by atoms with Crippen molar-refractivity contribution >= 4 is 11.8 Å². The van der Waals surface area contributed by atoms with E-state index in [2.05, 4.69) is 5.32 Å². The topological polar surface area (TPSA) is 49.4 Å². The van der Waals surface area contributed by atoms with E-state index in [1.807, 2.05) is 0 Å². The molecule has 0 spiro atoms. The lowest BCUT2D eigenvalue weighted by Crippen LogP contribution is -2.39. The van der Waals surface area contributed by atoms with Crippen LogP contribution in [0, 0.1) is 11.6 Å². The van der Waals surface area contributed by atoms with Gasteiger partial charge < -0.3 is 10.2 Å². The molecule has 2 amide bonds. The number of hydrogen-bond donors (Lipinski definition) is 1. The van der Waals surface area contributed by atoms with Gasteiger partial charge in [0.05, 0.1) is 12.1 Å². The number of carbonyl (C=O) groups excluding carboxylic acids is 2. The van der Waals surface area contributed by atoms with Gasteiger partial charge in [-0.3, -0.25) is 9.59 Å². The molecular weight excluding hydrogens is 254 g/mol. The van der Waals surface area contributed by atoms with Crippen molar-refractivity contribution in [2.45, 2.75) is 18.9 Å². The van der Waals surface area contributed by atoms with Crippen LogP contribution in [0.3, 0.4) is 0 Å². The zero-order valence-corrected chi connectivity index (χ0v) is 10.5. The number of nitrogens with one attached hydrogen (secondary N) is 1. The largest absolute Gasteiger partial charge is 0.352 e. The molecule has 2 rings (SSSR count). The van der Waals surface area contributed by atoms with Crippen LogP contribution in [0.1, 0.15) is 23.2 Å². The number of amides is 2. The quantitative estimate of drug-likeness (QED) is 0.895. The van der Waals surface area contributed by atoms with Gasteiger partial charge in [-0.05, 0) is 25.0 Å². The van der Waals surface area contributed by atoms with Crippen molar-refractivity contribution in [1.29, 1.82) is 0 Å². The van der Waals surface area contributed by atoms with E-state index in [1.165, 1.54) is 19.2 Å². The van der Waals surface area contributed by atoms with Gasteiger partial charge >= 0.3 is 0 Å².